The van der Waals surface area contributed by atoms with E-state index in [-0.39, 0.29) is 5.91 Å². The largest absolute Gasteiger partial charge is 0.290 e. The van der Waals surface area contributed by atoms with Gasteiger partial charge in [-0.1, -0.05) is 0 Å². The molecule has 1 aromatic rings. The lowest BCUT2D eigenvalue weighted by Gasteiger charge is -2.11. The van der Waals surface area contributed by atoms with Crippen molar-refractivity contribution in [3.05, 3.63) is 14.5 Å². The van der Waals surface area contributed by atoms with Crippen LogP contribution in [0.5, 0.6) is 0 Å². The quantitative estimate of drug-likeness (QED) is 0.803. The van der Waals surface area contributed by atoms with Crippen LogP contribution in [0.3, 0.4) is 0 Å². The molecule has 4 nitrogen and oxygen atoms in total. The van der Waals surface area contributed by atoms with E-state index in [4.69, 9.17) is 4.84 Å². The van der Waals surface area contributed by atoms with E-state index in [0.717, 1.165) is 5.01 Å². The molecule has 1 amide bonds. The van der Waals surface area contributed by atoms with Gasteiger partial charge in [0.15, 0.2) is 0 Å². The van der Waals surface area contributed by atoms with E-state index in [2.05, 4.69) is 20.9 Å². The Morgan fingerprint density at radius 1 is 1.67 bits per heavy atom. The normalized spacial score (nSPS) is 15.4. The SMILES string of the molecule is CON(C)C(=O)c1sc(C2CC2)nc1Br. The van der Waals surface area contributed by atoms with Gasteiger partial charge in [-0.3, -0.25) is 9.63 Å². The lowest BCUT2D eigenvalue weighted by molar-refractivity contribution is -0.0754. The summed E-state index contributed by atoms with van der Waals surface area (Å²) in [6, 6.07) is 0. The second kappa shape index (κ2) is 4.19. The molecule has 1 heterocycles. The molecule has 1 saturated carbocycles. The van der Waals surface area contributed by atoms with Gasteiger partial charge in [-0.15, -0.1) is 11.3 Å². The van der Waals surface area contributed by atoms with E-state index in [9.17, 15) is 4.79 Å². The summed E-state index contributed by atoms with van der Waals surface area (Å²) in [4.78, 5) is 21.6. The minimum absolute atomic E-state index is 0.159. The molecule has 0 spiro atoms. The van der Waals surface area contributed by atoms with Gasteiger partial charge < -0.3 is 0 Å². The van der Waals surface area contributed by atoms with Gasteiger partial charge in [-0.05, 0) is 28.8 Å². The van der Waals surface area contributed by atoms with Crippen LogP contribution in [0.1, 0.15) is 33.4 Å². The minimum Gasteiger partial charge on any atom is -0.274 e. The zero-order valence-electron chi connectivity index (χ0n) is 8.49. The Balaban J connectivity index is 2.23. The Kier molecular flexibility index (Phi) is 3.08. The predicted octanol–water partition coefficient (Wildman–Crippen LogP) is 2.42. The topological polar surface area (TPSA) is 42.4 Å². The van der Waals surface area contributed by atoms with E-state index in [1.807, 2.05) is 0 Å². The van der Waals surface area contributed by atoms with E-state index < -0.39 is 0 Å². The van der Waals surface area contributed by atoms with E-state index in [1.54, 1.807) is 7.05 Å². The molecule has 0 radical (unpaired) electrons. The molecule has 0 aliphatic heterocycles. The molecular formula is C9H11BrN2O2S. The summed E-state index contributed by atoms with van der Waals surface area (Å²) in [6.07, 6.45) is 2.38. The lowest BCUT2D eigenvalue weighted by Crippen LogP contribution is -2.24. The Bertz CT molecular complexity index is 389. The smallest absolute Gasteiger partial charge is 0.274 e. The van der Waals surface area contributed by atoms with Crippen molar-refractivity contribution >= 4 is 33.2 Å². The van der Waals surface area contributed by atoms with Crippen LogP contribution in [0.15, 0.2) is 4.60 Å². The summed E-state index contributed by atoms with van der Waals surface area (Å²) in [5.74, 6) is 0.412. The fraction of sp³-hybridized carbons (Fsp3) is 0.556. The van der Waals surface area contributed by atoms with Gasteiger partial charge in [0.1, 0.15) is 9.48 Å². The molecule has 1 aliphatic carbocycles. The fourth-order valence-corrected chi connectivity index (χ4v) is 2.99. The fourth-order valence-electron chi connectivity index (χ4n) is 1.18. The summed E-state index contributed by atoms with van der Waals surface area (Å²) >= 11 is 4.76. The van der Waals surface area contributed by atoms with Gasteiger partial charge in [0.05, 0.1) is 12.1 Å². The molecule has 2 rings (SSSR count). The lowest BCUT2D eigenvalue weighted by atomic mass is 10.4. The highest BCUT2D eigenvalue weighted by atomic mass is 79.9. The molecule has 0 aromatic carbocycles. The number of hydrogen-bond acceptors (Lipinski definition) is 4. The number of aromatic nitrogens is 1. The van der Waals surface area contributed by atoms with Crippen molar-refractivity contribution in [1.82, 2.24) is 10.0 Å². The second-order valence-electron chi connectivity index (χ2n) is 3.43. The molecule has 0 atom stereocenters. The first-order valence-electron chi connectivity index (χ1n) is 4.62. The van der Waals surface area contributed by atoms with Crippen molar-refractivity contribution in [3.63, 3.8) is 0 Å². The van der Waals surface area contributed by atoms with Crippen molar-refractivity contribution in [2.24, 2.45) is 0 Å². The highest BCUT2D eigenvalue weighted by Gasteiger charge is 2.30. The molecule has 0 unspecified atom stereocenters. The van der Waals surface area contributed by atoms with Crippen molar-refractivity contribution in [2.75, 3.05) is 14.2 Å². The molecule has 1 aromatic heterocycles. The Morgan fingerprint density at radius 3 is 2.87 bits per heavy atom. The minimum atomic E-state index is -0.159. The average Bonchev–Trinajstić information content (AvgIpc) is 3.00. The molecule has 6 heteroatoms. The van der Waals surface area contributed by atoms with E-state index >= 15 is 0 Å². The molecule has 1 fully saturated rings. The van der Waals surface area contributed by atoms with Gasteiger partial charge in [0, 0.05) is 13.0 Å². The maximum absolute atomic E-state index is 11.8. The Hall–Kier alpha value is -0.460. The predicted molar refractivity (Wildman–Crippen MR) is 60.9 cm³/mol. The first-order valence-corrected chi connectivity index (χ1v) is 6.22. The maximum Gasteiger partial charge on any atom is 0.290 e. The maximum atomic E-state index is 11.8. The number of nitrogens with zero attached hydrogens (tertiary/aromatic N) is 2. The molecular weight excluding hydrogens is 280 g/mol. The van der Waals surface area contributed by atoms with Crippen LogP contribution in [-0.4, -0.2) is 30.1 Å². The molecule has 0 bridgehead atoms. The molecule has 15 heavy (non-hydrogen) atoms. The van der Waals surface area contributed by atoms with Crippen LogP contribution >= 0.6 is 27.3 Å². The summed E-state index contributed by atoms with van der Waals surface area (Å²) in [5.41, 5.74) is 0. The van der Waals surface area contributed by atoms with Crippen LogP contribution in [0.4, 0.5) is 0 Å². The van der Waals surface area contributed by atoms with Crippen molar-refractivity contribution < 1.29 is 9.63 Å². The van der Waals surface area contributed by atoms with E-state index in [1.165, 1.54) is 36.4 Å². The van der Waals surface area contributed by atoms with Crippen molar-refractivity contribution in [1.29, 1.82) is 0 Å². The standard InChI is InChI=1S/C9H11BrN2O2S/c1-12(14-2)9(13)6-7(10)11-8(15-6)5-3-4-5/h5H,3-4H2,1-2H3. The van der Waals surface area contributed by atoms with Crippen LogP contribution in [0, 0.1) is 0 Å². The first-order chi connectivity index (χ1) is 7.13. The summed E-state index contributed by atoms with van der Waals surface area (Å²) in [6.45, 7) is 0. The van der Waals surface area contributed by atoms with Gasteiger partial charge >= 0.3 is 0 Å². The van der Waals surface area contributed by atoms with Crippen LogP contribution in [0.2, 0.25) is 0 Å². The van der Waals surface area contributed by atoms with Crippen LogP contribution in [0.25, 0.3) is 0 Å². The zero-order valence-corrected chi connectivity index (χ0v) is 10.9. The number of hydroxylamine groups is 2. The number of rotatable bonds is 3. The number of thiazole rings is 1. The highest BCUT2D eigenvalue weighted by Crippen LogP contribution is 2.43. The van der Waals surface area contributed by atoms with Crippen molar-refractivity contribution in [3.8, 4) is 0 Å². The Morgan fingerprint density at radius 2 is 2.33 bits per heavy atom. The number of carbonyl (C=O) groups is 1. The third-order valence-electron chi connectivity index (χ3n) is 2.28. The molecule has 0 saturated heterocycles. The third-order valence-corrected chi connectivity index (χ3v) is 4.33. The molecule has 82 valence electrons. The third kappa shape index (κ3) is 2.21. The highest BCUT2D eigenvalue weighted by molar-refractivity contribution is 9.10. The van der Waals surface area contributed by atoms with Gasteiger partial charge in [-0.2, -0.15) is 0 Å². The average molecular weight is 291 g/mol. The summed E-state index contributed by atoms with van der Waals surface area (Å²) in [7, 11) is 3.06. The van der Waals surface area contributed by atoms with Gasteiger partial charge in [0.25, 0.3) is 5.91 Å². The second-order valence-corrected chi connectivity index (χ2v) is 5.21. The van der Waals surface area contributed by atoms with Crippen LogP contribution in [-0.2, 0) is 4.84 Å². The summed E-state index contributed by atoms with van der Waals surface area (Å²) in [5, 5.41) is 2.25. The number of hydrogen-bond donors (Lipinski definition) is 0. The zero-order chi connectivity index (χ0) is 11.0. The summed E-state index contributed by atoms with van der Waals surface area (Å²) < 4.78 is 0.628. The van der Waals surface area contributed by atoms with Gasteiger partial charge in [-0.25, -0.2) is 10.0 Å². The number of amides is 1. The van der Waals surface area contributed by atoms with Crippen molar-refractivity contribution in [2.45, 2.75) is 18.8 Å². The number of halogens is 1. The molecule has 0 N–H and O–H groups in total. The first kappa shape index (κ1) is 11.0. The Labute approximate surface area is 100 Å². The number of carbonyl (C=O) groups excluding carboxylic acids is 1. The van der Waals surface area contributed by atoms with Gasteiger partial charge in [0.2, 0.25) is 0 Å². The molecule has 1 aliphatic rings. The van der Waals surface area contributed by atoms with Crippen LogP contribution < -0.4 is 0 Å². The van der Waals surface area contributed by atoms with E-state index in [0.29, 0.717) is 15.4 Å². The monoisotopic (exact) mass is 290 g/mol.